The number of sulfonamides is 1. The number of benzene rings is 3. The van der Waals surface area contributed by atoms with Crippen molar-refractivity contribution in [2.45, 2.75) is 38.3 Å². The van der Waals surface area contributed by atoms with E-state index in [2.05, 4.69) is 5.32 Å². The van der Waals surface area contributed by atoms with Crippen LogP contribution in [-0.2, 0) is 26.2 Å². The van der Waals surface area contributed by atoms with Crippen molar-refractivity contribution in [1.82, 2.24) is 10.2 Å². The average Bonchev–Trinajstić information content (AvgIpc) is 2.90. The topological polar surface area (TPSA) is 96.0 Å². The molecule has 3 rings (SSSR count). The van der Waals surface area contributed by atoms with E-state index in [1.54, 1.807) is 38.1 Å². The van der Waals surface area contributed by atoms with Crippen molar-refractivity contribution in [3.05, 3.63) is 88.9 Å². The third-order valence-electron chi connectivity index (χ3n) is 6.01. The largest absolute Gasteiger partial charge is 0.495 e. The molecule has 0 aliphatic heterocycles. The van der Waals surface area contributed by atoms with Gasteiger partial charge in [-0.05, 0) is 56.7 Å². The van der Waals surface area contributed by atoms with Crippen LogP contribution in [0.4, 0.5) is 5.69 Å². The van der Waals surface area contributed by atoms with Gasteiger partial charge in [-0.25, -0.2) is 8.42 Å². The number of carbonyl (C=O) groups excluding carboxylic acids is 2. The summed E-state index contributed by atoms with van der Waals surface area (Å²) in [6, 6.07) is 19.2. The molecule has 0 aliphatic carbocycles. The molecule has 202 valence electrons. The van der Waals surface area contributed by atoms with E-state index in [0.717, 1.165) is 15.4 Å². The number of halogens is 1. The van der Waals surface area contributed by atoms with Crippen molar-refractivity contribution in [3.8, 4) is 5.75 Å². The Morgan fingerprint density at radius 3 is 2.29 bits per heavy atom. The number of likely N-dealkylation sites (N-methyl/N-ethyl adjacent to an activating group) is 1. The van der Waals surface area contributed by atoms with Gasteiger partial charge in [0.15, 0.2) is 0 Å². The molecule has 1 N–H and O–H groups in total. The first-order chi connectivity index (χ1) is 18.1. The molecule has 0 heterocycles. The molecular formula is C28H32ClN3O5S. The monoisotopic (exact) mass is 557 g/mol. The normalized spacial score (nSPS) is 11.9. The van der Waals surface area contributed by atoms with Crippen LogP contribution in [0.15, 0.2) is 77.7 Å². The number of hydrogen-bond acceptors (Lipinski definition) is 5. The molecule has 0 aliphatic rings. The van der Waals surface area contributed by atoms with Gasteiger partial charge < -0.3 is 15.0 Å². The van der Waals surface area contributed by atoms with E-state index in [1.165, 1.54) is 30.2 Å². The van der Waals surface area contributed by atoms with Crippen LogP contribution in [0.3, 0.4) is 0 Å². The zero-order valence-corrected chi connectivity index (χ0v) is 23.4. The number of nitrogens with zero attached hydrogens (tertiary/aromatic N) is 2. The molecule has 0 unspecified atom stereocenters. The Balaban J connectivity index is 2.09. The summed E-state index contributed by atoms with van der Waals surface area (Å²) in [5, 5.41) is 3.01. The van der Waals surface area contributed by atoms with Crippen LogP contribution in [0, 0.1) is 6.92 Å². The minimum Gasteiger partial charge on any atom is -0.495 e. The zero-order chi connectivity index (χ0) is 27.9. The maximum Gasteiger partial charge on any atom is 0.264 e. The van der Waals surface area contributed by atoms with Gasteiger partial charge in [-0.2, -0.15) is 0 Å². The molecule has 0 saturated heterocycles. The highest BCUT2D eigenvalue weighted by molar-refractivity contribution is 7.92. The summed E-state index contributed by atoms with van der Waals surface area (Å²) in [5.74, 6) is -0.681. The highest BCUT2D eigenvalue weighted by atomic mass is 35.5. The zero-order valence-electron chi connectivity index (χ0n) is 21.8. The van der Waals surface area contributed by atoms with E-state index in [-0.39, 0.29) is 33.8 Å². The number of methoxy groups -OCH3 is 1. The van der Waals surface area contributed by atoms with Gasteiger partial charge in [-0.1, -0.05) is 59.6 Å². The Labute approximate surface area is 229 Å². The number of anilines is 1. The molecule has 3 aromatic rings. The van der Waals surface area contributed by atoms with Gasteiger partial charge in [0.1, 0.15) is 18.3 Å². The fourth-order valence-electron chi connectivity index (χ4n) is 3.89. The minimum absolute atomic E-state index is 0.00399. The third-order valence-corrected chi connectivity index (χ3v) is 8.02. The Morgan fingerprint density at radius 2 is 1.68 bits per heavy atom. The first-order valence-electron chi connectivity index (χ1n) is 12.1. The number of ether oxygens (including phenoxy) is 1. The van der Waals surface area contributed by atoms with Crippen LogP contribution < -0.4 is 14.4 Å². The highest BCUT2D eigenvalue weighted by Gasteiger charge is 2.33. The number of aryl methyl sites for hydroxylation is 1. The molecule has 10 heteroatoms. The summed E-state index contributed by atoms with van der Waals surface area (Å²) in [6.07, 6.45) is 0. The summed E-state index contributed by atoms with van der Waals surface area (Å²) in [7, 11) is -2.82. The van der Waals surface area contributed by atoms with E-state index < -0.39 is 28.5 Å². The van der Waals surface area contributed by atoms with Crippen LogP contribution in [0.1, 0.15) is 25.0 Å². The van der Waals surface area contributed by atoms with E-state index in [0.29, 0.717) is 6.54 Å². The Bertz CT molecular complexity index is 1360. The molecular weight excluding hydrogens is 526 g/mol. The van der Waals surface area contributed by atoms with E-state index in [4.69, 9.17) is 16.3 Å². The third kappa shape index (κ3) is 6.85. The standard InChI is InChI=1S/C28H32ClN3O5S/c1-5-30-28(34)21(3)31(18-22-9-7-6-8-10-22)27(33)19-32(25-17-23(29)13-16-26(25)37-4)38(35,36)24-14-11-20(2)12-15-24/h6-17,21H,5,18-19H2,1-4H3,(H,30,34)/t21-/m0/s1. The smallest absolute Gasteiger partial charge is 0.264 e. The van der Waals surface area contributed by atoms with Crippen molar-refractivity contribution < 1.29 is 22.7 Å². The Hall–Kier alpha value is -3.56. The Morgan fingerprint density at radius 1 is 1.03 bits per heavy atom. The van der Waals surface area contributed by atoms with Crippen LogP contribution in [0.25, 0.3) is 0 Å². The summed E-state index contributed by atoms with van der Waals surface area (Å²) in [4.78, 5) is 28.0. The summed E-state index contributed by atoms with van der Waals surface area (Å²) < 4.78 is 34.3. The predicted molar refractivity (Wildman–Crippen MR) is 149 cm³/mol. The number of nitrogens with one attached hydrogen (secondary N) is 1. The molecule has 38 heavy (non-hydrogen) atoms. The fourth-order valence-corrected chi connectivity index (χ4v) is 5.48. The predicted octanol–water partition coefficient (Wildman–Crippen LogP) is 4.41. The molecule has 8 nitrogen and oxygen atoms in total. The lowest BCUT2D eigenvalue weighted by Crippen LogP contribution is -2.51. The SMILES string of the molecule is CCNC(=O)[C@H](C)N(Cc1ccccc1)C(=O)CN(c1cc(Cl)ccc1OC)S(=O)(=O)c1ccc(C)cc1. The van der Waals surface area contributed by atoms with Crippen LogP contribution in [0.2, 0.25) is 5.02 Å². The van der Waals surface area contributed by atoms with Gasteiger partial charge in [0.05, 0.1) is 17.7 Å². The molecule has 2 amide bonds. The maximum atomic E-state index is 13.9. The summed E-state index contributed by atoms with van der Waals surface area (Å²) in [6.45, 7) is 5.18. The lowest BCUT2D eigenvalue weighted by molar-refractivity contribution is -0.139. The van der Waals surface area contributed by atoms with Crippen LogP contribution >= 0.6 is 11.6 Å². The van der Waals surface area contributed by atoms with Gasteiger partial charge in [0.2, 0.25) is 11.8 Å². The molecule has 3 aromatic carbocycles. The van der Waals surface area contributed by atoms with Gasteiger partial charge in [-0.3, -0.25) is 13.9 Å². The average molecular weight is 558 g/mol. The minimum atomic E-state index is -4.23. The van der Waals surface area contributed by atoms with Crippen molar-refractivity contribution in [1.29, 1.82) is 0 Å². The van der Waals surface area contributed by atoms with Gasteiger partial charge >= 0.3 is 0 Å². The van der Waals surface area contributed by atoms with Crippen molar-refractivity contribution in [3.63, 3.8) is 0 Å². The number of rotatable bonds is 11. The second-order valence-electron chi connectivity index (χ2n) is 8.72. The fraction of sp³-hybridized carbons (Fsp3) is 0.286. The molecule has 0 bridgehead atoms. The summed E-state index contributed by atoms with van der Waals surface area (Å²) in [5.41, 5.74) is 1.79. The maximum absolute atomic E-state index is 13.9. The number of carbonyl (C=O) groups is 2. The molecule has 0 saturated carbocycles. The van der Waals surface area contributed by atoms with E-state index >= 15 is 0 Å². The lowest BCUT2D eigenvalue weighted by Gasteiger charge is -2.32. The molecule has 1 atom stereocenters. The van der Waals surface area contributed by atoms with Crippen molar-refractivity contribution in [2.75, 3.05) is 24.5 Å². The van der Waals surface area contributed by atoms with E-state index in [9.17, 15) is 18.0 Å². The molecule has 0 radical (unpaired) electrons. The lowest BCUT2D eigenvalue weighted by atomic mass is 10.1. The van der Waals surface area contributed by atoms with Gasteiger partial charge in [0, 0.05) is 18.1 Å². The number of amides is 2. The molecule has 0 spiro atoms. The first kappa shape index (κ1) is 29.0. The molecule has 0 fully saturated rings. The second-order valence-corrected chi connectivity index (χ2v) is 11.0. The van der Waals surface area contributed by atoms with E-state index in [1.807, 2.05) is 37.3 Å². The highest BCUT2D eigenvalue weighted by Crippen LogP contribution is 2.35. The quantitative estimate of drug-likeness (QED) is 0.377. The van der Waals surface area contributed by atoms with Gasteiger partial charge in [-0.15, -0.1) is 0 Å². The van der Waals surface area contributed by atoms with Crippen molar-refractivity contribution in [2.24, 2.45) is 0 Å². The van der Waals surface area contributed by atoms with Crippen LogP contribution in [0.5, 0.6) is 5.75 Å². The Kier molecular flexibility index (Phi) is 9.77. The van der Waals surface area contributed by atoms with Crippen LogP contribution in [-0.4, -0.2) is 51.4 Å². The number of hydrogen-bond donors (Lipinski definition) is 1. The summed E-state index contributed by atoms with van der Waals surface area (Å²) >= 11 is 6.24. The second kappa shape index (κ2) is 12.8. The first-order valence-corrected chi connectivity index (χ1v) is 13.9. The van der Waals surface area contributed by atoms with Crippen molar-refractivity contribution >= 4 is 39.1 Å². The van der Waals surface area contributed by atoms with Gasteiger partial charge in [0.25, 0.3) is 10.0 Å². The molecule has 0 aromatic heterocycles.